The number of rotatable bonds is 19. The van der Waals surface area contributed by atoms with Crippen molar-refractivity contribution in [3.05, 3.63) is 134 Å². The lowest BCUT2D eigenvalue weighted by molar-refractivity contribution is 0.0531. The first-order chi connectivity index (χ1) is 28.7. The molecule has 1 fully saturated rings. The molecule has 4 aromatic carbocycles. The van der Waals surface area contributed by atoms with Crippen molar-refractivity contribution in [1.29, 1.82) is 0 Å². The number of nitrogens with zero attached hydrogens (tertiary/aromatic N) is 2. The van der Waals surface area contributed by atoms with Crippen LogP contribution in [-0.4, -0.2) is 80.9 Å². The van der Waals surface area contributed by atoms with Crippen LogP contribution in [0.2, 0.25) is 5.02 Å². The van der Waals surface area contributed by atoms with Crippen LogP contribution >= 0.6 is 22.9 Å². The summed E-state index contributed by atoms with van der Waals surface area (Å²) in [6, 6.07) is 27.0. The highest BCUT2D eigenvalue weighted by Crippen LogP contribution is 2.39. The number of benzene rings is 4. The van der Waals surface area contributed by atoms with Gasteiger partial charge in [-0.2, -0.15) is 0 Å². The Morgan fingerprint density at radius 2 is 1.51 bits per heavy atom. The number of alkyl carbamates (subject to hydrolysis) is 1. The largest absolute Gasteiger partial charge is 0.497 e. The van der Waals surface area contributed by atoms with Crippen LogP contribution in [0.1, 0.15) is 61.0 Å². The van der Waals surface area contributed by atoms with E-state index in [1.807, 2.05) is 78.9 Å². The molecule has 0 bridgehead atoms. The second kappa shape index (κ2) is 21.3. The molecule has 6 rings (SSSR count). The number of nitrogens with one attached hydrogen (secondary N) is 2. The van der Waals surface area contributed by atoms with Crippen LogP contribution in [0.4, 0.5) is 4.79 Å². The van der Waals surface area contributed by atoms with Crippen LogP contribution in [0, 0.1) is 0 Å². The number of carbonyl (C=O) groups is 3. The Labute approximate surface area is 352 Å². The Morgan fingerprint density at radius 1 is 0.847 bits per heavy atom. The highest BCUT2D eigenvalue weighted by atomic mass is 35.5. The van der Waals surface area contributed by atoms with Gasteiger partial charge in [0.25, 0.3) is 5.91 Å². The molecule has 1 aliphatic heterocycles. The number of likely N-dealkylation sites (tertiary alicyclic amines) is 1. The van der Waals surface area contributed by atoms with Crippen molar-refractivity contribution in [2.75, 3.05) is 47.0 Å². The summed E-state index contributed by atoms with van der Waals surface area (Å²) < 4.78 is 33.7. The fourth-order valence-electron chi connectivity index (χ4n) is 6.41. The van der Waals surface area contributed by atoms with E-state index in [9.17, 15) is 14.4 Å². The van der Waals surface area contributed by atoms with Crippen molar-refractivity contribution in [2.45, 2.75) is 45.1 Å². The van der Waals surface area contributed by atoms with Crippen LogP contribution in [0.5, 0.6) is 23.0 Å². The number of amides is 2. The van der Waals surface area contributed by atoms with Crippen molar-refractivity contribution in [1.82, 2.24) is 20.5 Å². The van der Waals surface area contributed by atoms with Gasteiger partial charge in [0.1, 0.15) is 36.2 Å². The Bertz CT molecular complexity index is 2150. The lowest BCUT2D eigenvalue weighted by Gasteiger charge is -2.25. The maximum absolute atomic E-state index is 13.9. The van der Waals surface area contributed by atoms with Gasteiger partial charge in [-0.05, 0) is 73.0 Å². The van der Waals surface area contributed by atoms with Gasteiger partial charge in [-0.1, -0.05) is 66.2 Å². The molecule has 0 unspecified atom stereocenters. The molecule has 2 atom stereocenters. The summed E-state index contributed by atoms with van der Waals surface area (Å²) in [4.78, 5) is 46.4. The number of ether oxygens (including phenoxy) is 6. The van der Waals surface area contributed by atoms with Crippen molar-refractivity contribution < 1.29 is 42.8 Å². The molecule has 1 saturated heterocycles. The van der Waals surface area contributed by atoms with Gasteiger partial charge >= 0.3 is 12.1 Å². The molecule has 0 spiro atoms. The third-order valence-corrected chi connectivity index (χ3v) is 11.1. The molecule has 2 amide bonds. The van der Waals surface area contributed by atoms with Gasteiger partial charge in [0.15, 0.2) is 11.5 Å². The van der Waals surface area contributed by atoms with Crippen LogP contribution in [-0.2, 0) is 29.3 Å². The minimum atomic E-state index is -0.617. The molecule has 0 aliphatic carbocycles. The second-order valence-electron chi connectivity index (χ2n) is 13.7. The Morgan fingerprint density at radius 3 is 2.17 bits per heavy atom. The molecule has 310 valence electrons. The van der Waals surface area contributed by atoms with Crippen molar-refractivity contribution >= 4 is 40.9 Å². The van der Waals surface area contributed by atoms with Crippen molar-refractivity contribution in [2.24, 2.45) is 0 Å². The van der Waals surface area contributed by atoms with E-state index in [1.54, 1.807) is 39.5 Å². The highest BCUT2D eigenvalue weighted by molar-refractivity contribution is 7.13. The maximum Gasteiger partial charge on any atom is 0.407 e. The van der Waals surface area contributed by atoms with E-state index < -0.39 is 18.0 Å². The molecule has 1 aromatic heterocycles. The molecule has 0 saturated carbocycles. The first-order valence-corrected chi connectivity index (χ1v) is 20.4. The lowest BCUT2D eigenvalue weighted by Crippen LogP contribution is -2.49. The molecule has 5 aromatic rings. The van der Waals surface area contributed by atoms with Crippen LogP contribution in [0.25, 0.3) is 0 Å². The standard InChI is InChI=1S/C44H47ClN4O9S/c1-4-55-43(51)38-23-47-42(59-38)32-20-21-49(24-32)25-33(48-44(52)58-28-29-8-6-5-7-9-29)22-46-41(50)36-18-19-37(56-26-30-10-14-34(53-2)15-11-30)40(39(36)45)57-27-31-12-16-35(54-3)17-13-31/h5-19,23,32-33H,4,20-22,24-28H2,1-3H3,(H,46,50)(H,48,52)/t32-,33-/m1/s1. The minimum Gasteiger partial charge on any atom is -0.497 e. The summed E-state index contributed by atoms with van der Waals surface area (Å²) in [5.41, 5.74) is 2.75. The summed E-state index contributed by atoms with van der Waals surface area (Å²) >= 11 is 8.30. The highest BCUT2D eigenvalue weighted by Gasteiger charge is 2.30. The molecule has 15 heteroatoms. The number of halogens is 1. The number of aromatic nitrogens is 1. The van der Waals surface area contributed by atoms with Crippen molar-refractivity contribution in [3.8, 4) is 23.0 Å². The lowest BCUT2D eigenvalue weighted by atomic mass is 10.1. The van der Waals surface area contributed by atoms with E-state index in [0.29, 0.717) is 36.1 Å². The van der Waals surface area contributed by atoms with Gasteiger partial charge in [0, 0.05) is 25.6 Å². The molecule has 2 heterocycles. The fourth-order valence-corrected chi connectivity index (χ4v) is 7.64. The van der Waals surface area contributed by atoms with E-state index >= 15 is 0 Å². The van der Waals surface area contributed by atoms with E-state index in [2.05, 4.69) is 20.5 Å². The topological polar surface area (TPSA) is 147 Å². The Hall–Kier alpha value is -5.83. The predicted octanol–water partition coefficient (Wildman–Crippen LogP) is 7.66. The monoisotopic (exact) mass is 842 g/mol. The van der Waals surface area contributed by atoms with Crippen LogP contribution in [0.3, 0.4) is 0 Å². The number of thiazole rings is 1. The van der Waals surface area contributed by atoms with Gasteiger partial charge in [-0.25, -0.2) is 14.6 Å². The first kappa shape index (κ1) is 42.8. The van der Waals surface area contributed by atoms with Gasteiger partial charge in [-0.3, -0.25) is 4.79 Å². The third kappa shape index (κ3) is 12.1. The van der Waals surface area contributed by atoms with E-state index in [0.717, 1.165) is 40.4 Å². The first-order valence-electron chi connectivity index (χ1n) is 19.2. The zero-order valence-electron chi connectivity index (χ0n) is 33.1. The van der Waals surface area contributed by atoms with E-state index in [4.69, 9.17) is 40.0 Å². The summed E-state index contributed by atoms with van der Waals surface area (Å²) in [5, 5.41) is 6.83. The second-order valence-corrected chi connectivity index (χ2v) is 15.1. The van der Waals surface area contributed by atoms with Gasteiger partial charge in [-0.15, -0.1) is 11.3 Å². The predicted molar refractivity (Wildman–Crippen MR) is 224 cm³/mol. The number of methoxy groups -OCH3 is 2. The number of carbonyl (C=O) groups excluding carboxylic acids is 3. The molecular formula is C44H47ClN4O9S. The molecular weight excluding hydrogens is 796 g/mol. The minimum absolute atomic E-state index is 0.0682. The molecule has 1 aliphatic rings. The van der Waals surface area contributed by atoms with Gasteiger partial charge in [0.2, 0.25) is 0 Å². The van der Waals surface area contributed by atoms with E-state index in [1.165, 1.54) is 11.3 Å². The molecule has 13 nitrogen and oxygen atoms in total. The normalized spacial score (nSPS) is 14.2. The summed E-state index contributed by atoms with van der Waals surface area (Å²) in [7, 11) is 3.20. The van der Waals surface area contributed by atoms with Crippen molar-refractivity contribution in [3.63, 3.8) is 0 Å². The molecule has 59 heavy (non-hydrogen) atoms. The van der Waals surface area contributed by atoms with Crippen LogP contribution in [0.15, 0.2) is 97.2 Å². The van der Waals surface area contributed by atoms with E-state index in [-0.39, 0.29) is 54.6 Å². The summed E-state index contributed by atoms with van der Waals surface area (Å²) in [5.74, 6) is 1.25. The number of hydrogen-bond donors (Lipinski definition) is 2. The average molecular weight is 843 g/mol. The quantitative estimate of drug-likeness (QED) is 0.0791. The number of hydrogen-bond acceptors (Lipinski definition) is 12. The third-order valence-electron chi connectivity index (χ3n) is 9.55. The smallest absolute Gasteiger partial charge is 0.407 e. The maximum atomic E-state index is 13.9. The van der Waals surface area contributed by atoms with Gasteiger partial charge < -0.3 is 44.0 Å². The summed E-state index contributed by atoms with van der Waals surface area (Å²) in [6.45, 7) is 4.36. The zero-order valence-corrected chi connectivity index (χ0v) is 34.7. The van der Waals surface area contributed by atoms with Crippen LogP contribution < -0.4 is 29.6 Å². The Balaban J connectivity index is 1.15. The average Bonchev–Trinajstić information content (AvgIpc) is 3.95. The molecule has 0 radical (unpaired) electrons. The zero-order chi connectivity index (χ0) is 41.6. The fraction of sp³-hybridized carbons (Fsp3) is 0.318. The Kier molecular flexibility index (Phi) is 15.4. The number of esters is 1. The molecule has 2 N–H and O–H groups in total. The summed E-state index contributed by atoms with van der Waals surface area (Å²) in [6.07, 6.45) is 1.76. The SMILES string of the molecule is CCOC(=O)c1cnc([C@@H]2CCN(C[C@@H](CNC(=O)c3ccc(OCc4ccc(OC)cc4)c(OCc4ccc(OC)cc4)c3Cl)NC(=O)OCc3ccccc3)C2)s1. The van der Waals surface area contributed by atoms with Gasteiger partial charge in [0.05, 0.1) is 48.7 Å².